The fraction of sp³-hybridized carbons (Fsp3) is 0.654. The van der Waals surface area contributed by atoms with Gasteiger partial charge in [-0.1, -0.05) is 48.5 Å². The maximum Gasteiger partial charge on any atom is 0.425 e. The van der Waals surface area contributed by atoms with Crippen LogP contribution in [0.3, 0.4) is 0 Å². The van der Waals surface area contributed by atoms with E-state index in [4.69, 9.17) is 9.41 Å². The van der Waals surface area contributed by atoms with Gasteiger partial charge in [0.25, 0.3) is 0 Å². The lowest BCUT2D eigenvalue weighted by Crippen LogP contribution is -2.44. The third kappa shape index (κ3) is 5.99. The minimum absolute atomic E-state index is 0.000144. The second-order valence-corrected chi connectivity index (χ2v) is 19.2. The fourth-order valence-corrected chi connectivity index (χ4v) is 7.74. The van der Waals surface area contributed by atoms with Crippen LogP contribution in [0.25, 0.3) is 0 Å². The van der Waals surface area contributed by atoms with Gasteiger partial charge in [0.15, 0.2) is 8.32 Å². The summed E-state index contributed by atoms with van der Waals surface area (Å²) in [6.45, 7) is 19.6. The summed E-state index contributed by atoms with van der Waals surface area (Å²) in [6, 6.07) is 2.42. The number of aromatic nitrogens is 1. The number of pyridine rings is 1. The molecule has 196 valence electrons. The van der Waals surface area contributed by atoms with E-state index >= 15 is 0 Å². The number of fused-ring (bicyclic) bond motifs is 1. The molecule has 1 N–H and O–H groups in total. The summed E-state index contributed by atoms with van der Waals surface area (Å²) in [4.78, 5) is 4.63. The van der Waals surface area contributed by atoms with E-state index in [-0.39, 0.29) is 27.4 Å². The third-order valence-electron chi connectivity index (χ3n) is 7.26. The van der Waals surface area contributed by atoms with E-state index in [1.807, 2.05) is 13.8 Å². The van der Waals surface area contributed by atoms with Crippen molar-refractivity contribution in [3.63, 3.8) is 0 Å². The SMILES string of the molecule is CC(C)c1nc2c(c(I)c1[C@@H](O)c1ccc(C(F)(F)F)s1)[C@@H](O[Si](C)(C)C(C)(C)C)CC(C)(C)C2. The van der Waals surface area contributed by atoms with Crippen molar-refractivity contribution >= 4 is 42.2 Å². The van der Waals surface area contributed by atoms with Gasteiger partial charge in [-0.3, -0.25) is 4.98 Å². The van der Waals surface area contributed by atoms with Crippen LogP contribution >= 0.6 is 33.9 Å². The molecule has 0 fully saturated rings. The summed E-state index contributed by atoms with van der Waals surface area (Å²) in [6.07, 6.45) is -4.16. The Morgan fingerprint density at radius 2 is 1.80 bits per heavy atom. The Morgan fingerprint density at radius 1 is 1.20 bits per heavy atom. The van der Waals surface area contributed by atoms with Crippen LogP contribution < -0.4 is 0 Å². The lowest BCUT2D eigenvalue weighted by molar-refractivity contribution is -0.134. The van der Waals surface area contributed by atoms with Gasteiger partial charge >= 0.3 is 6.18 Å². The van der Waals surface area contributed by atoms with Gasteiger partial charge in [-0.15, -0.1) is 11.3 Å². The summed E-state index contributed by atoms with van der Waals surface area (Å²) >= 11 is 2.86. The molecular formula is C26H37F3INO2SSi. The lowest BCUT2D eigenvalue weighted by atomic mass is 9.74. The molecule has 1 aliphatic carbocycles. The van der Waals surface area contributed by atoms with Crippen molar-refractivity contribution in [1.82, 2.24) is 4.98 Å². The van der Waals surface area contributed by atoms with Gasteiger partial charge in [0, 0.05) is 25.3 Å². The first kappa shape index (κ1) is 29.1. The van der Waals surface area contributed by atoms with Crippen LogP contribution in [0.5, 0.6) is 0 Å². The predicted octanol–water partition coefficient (Wildman–Crippen LogP) is 9.01. The molecule has 0 amide bonds. The highest BCUT2D eigenvalue weighted by molar-refractivity contribution is 14.1. The highest BCUT2D eigenvalue weighted by Crippen LogP contribution is 2.50. The van der Waals surface area contributed by atoms with Crippen molar-refractivity contribution in [3.05, 3.63) is 48.0 Å². The Hall–Kier alpha value is -0.493. The van der Waals surface area contributed by atoms with Crippen molar-refractivity contribution in [2.24, 2.45) is 5.41 Å². The number of hydrogen-bond donors (Lipinski definition) is 1. The maximum absolute atomic E-state index is 13.3. The summed E-state index contributed by atoms with van der Waals surface area (Å²) in [7, 11) is -2.12. The van der Waals surface area contributed by atoms with Crippen LogP contribution in [0.4, 0.5) is 13.2 Å². The Balaban J connectivity index is 2.20. The molecule has 2 aromatic rings. The summed E-state index contributed by atoms with van der Waals surface area (Å²) in [5.74, 6) is 0.00492. The van der Waals surface area contributed by atoms with Gasteiger partial charge in [-0.25, -0.2) is 0 Å². The van der Waals surface area contributed by atoms with E-state index in [9.17, 15) is 18.3 Å². The first-order chi connectivity index (χ1) is 15.7. The molecule has 0 unspecified atom stereocenters. The second-order valence-electron chi connectivity index (χ2n) is 12.3. The van der Waals surface area contributed by atoms with Crippen molar-refractivity contribution in [2.75, 3.05) is 0 Å². The van der Waals surface area contributed by atoms with E-state index in [1.54, 1.807) is 0 Å². The number of thiophene rings is 1. The van der Waals surface area contributed by atoms with Crippen LogP contribution in [-0.2, 0) is 17.0 Å². The largest absolute Gasteiger partial charge is 0.425 e. The van der Waals surface area contributed by atoms with Gasteiger partial charge < -0.3 is 9.53 Å². The van der Waals surface area contributed by atoms with Gasteiger partial charge in [0.2, 0.25) is 0 Å². The van der Waals surface area contributed by atoms with Gasteiger partial charge in [0.1, 0.15) is 11.0 Å². The average Bonchev–Trinajstić information content (AvgIpc) is 3.15. The number of nitrogens with zero attached hydrogens (tertiary/aromatic N) is 1. The smallest absolute Gasteiger partial charge is 0.410 e. The zero-order chi connectivity index (χ0) is 26.7. The number of alkyl halides is 3. The number of aliphatic hydroxyl groups excluding tert-OH is 1. The molecule has 2 aromatic heterocycles. The molecule has 2 atom stereocenters. The number of halogens is 4. The fourth-order valence-electron chi connectivity index (χ4n) is 4.37. The maximum atomic E-state index is 13.3. The molecule has 3 nitrogen and oxygen atoms in total. The summed E-state index contributed by atoms with van der Waals surface area (Å²) in [5.41, 5.74) is 3.33. The van der Waals surface area contributed by atoms with E-state index in [0.29, 0.717) is 16.9 Å². The van der Waals surface area contributed by atoms with Crippen molar-refractivity contribution in [3.8, 4) is 0 Å². The molecule has 9 heteroatoms. The third-order valence-corrected chi connectivity index (χ3v) is 14.1. The summed E-state index contributed by atoms with van der Waals surface area (Å²) in [5, 5.41) is 11.4. The molecule has 0 radical (unpaired) electrons. The quantitative estimate of drug-likeness (QED) is 0.262. The highest BCUT2D eigenvalue weighted by atomic mass is 127. The second kappa shape index (κ2) is 9.67. The Bertz CT molecular complexity index is 1090. The molecular weight excluding hydrogens is 602 g/mol. The molecule has 0 saturated carbocycles. The zero-order valence-electron chi connectivity index (χ0n) is 22.0. The number of hydrogen-bond acceptors (Lipinski definition) is 4. The first-order valence-corrected chi connectivity index (χ1v) is 16.8. The Kier molecular flexibility index (Phi) is 8.03. The van der Waals surface area contributed by atoms with Crippen LogP contribution in [0.15, 0.2) is 12.1 Å². The topological polar surface area (TPSA) is 42.4 Å². The Morgan fingerprint density at radius 3 is 2.29 bits per heavy atom. The minimum atomic E-state index is -4.43. The van der Waals surface area contributed by atoms with Crippen LogP contribution in [0.1, 0.15) is 105 Å². The predicted molar refractivity (Wildman–Crippen MR) is 148 cm³/mol. The molecule has 0 bridgehead atoms. The van der Waals surface area contributed by atoms with Crippen LogP contribution in [-0.4, -0.2) is 18.4 Å². The lowest BCUT2D eigenvalue weighted by Gasteiger charge is -2.44. The monoisotopic (exact) mass is 639 g/mol. The zero-order valence-corrected chi connectivity index (χ0v) is 26.0. The molecule has 0 spiro atoms. The van der Waals surface area contributed by atoms with E-state index in [0.717, 1.165) is 39.4 Å². The van der Waals surface area contributed by atoms with Crippen LogP contribution in [0.2, 0.25) is 18.1 Å². The van der Waals surface area contributed by atoms with E-state index in [2.05, 4.69) is 70.3 Å². The molecule has 0 aliphatic heterocycles. The van der Waals surface area contributed by atoms with E-state index < -0.39 is 25.5 Å². The summed E-state index contributed by atoms with van der Waals surface area (Å²) < 4.78 is 47.6. The highest BCUT2D eigenvalue weighted by Gasteiger charge is 2.44. The Labute approximate surface area is 226 Å². The molecule has 0 aromatic carbocycles. The standard InChI is InChI=1S/C26H37F3INO2SSi/c1-14(2)22-20(23(32)17-10-11-18(34-17)26(27,28)29)21(30)19-15(31-22)12-25(6,7)13-16(19)33-35(8,9)24(3,4)5/h10-11,14,16,23,32H,12-13H2,1-9H3/t16-,23-/m0/s1. The van der Waals surface area contributed by atoms with Gasteiger partial charge in [-0.05, 0) is 77.0 Å². The molecule has 1 aliphatic rings. The van der Waals surface area contributed by atoms with Crippen LogP contribution in [0, 0.1) is 8.99 Å². The number of rotatable bonds is 5. The molecule has 0 saturated heterocycles. The first-order valence-electron chi connectivity index (χ1n) is 12.0. The van der Waals surface area contributed by atoms with Crippen molar-refractivity contribution < 1.29 is 22.7 Å². The van der Waals surface area contributed by atoms with E-state index in [1.165, 1.54) is 6.07 Å². The molecule has 3 rings (SSSR count). The number of aliphatic hydroxyl groups is 1. The van der Waals surface area contributed by atoms with Crippen molar-refractivity contribution in [1.29, 1.82) is 0 Å². The molecule has 35 heavy (non-hydrogen) atoms. The molecule has 2 heterocycles. The normalized spacial score (nSPS) is 19.7. The van der Waals surface area contributed by atoms with Crippen molar-refractivity contribution in [2.45, 2.75) is 104 Å². The van der Waals surface area contributed by atoms with Gasteiger partial charge in [-0.2, -0.15) is 13.2 Å². The average molecular weight is 640 g/mol. The minimum Gasteiger partial charge on any atom is -0.410 e. The van der Waals surface area contributed by atoms with Gasteiger partial charge in [0.05, 0.1) is 11.8 Å².